The van der Waals surface area contributed by atoms with Crippen LogP contribution in [0.5, 0.6) is 0 Å². The molecule has 2 nitrogen and oxygen atoms in total. The van der Waals surface area contributed by atoms with Crippen molar-refractivity contribution in [2.45, 2.75) is 110 Å². The lowest BCUT2D eigenvalue weighted by molar-refractivity contribution is -0.116. The molecule has 0 radical (unpaired) electrons. The Morgan fingerprint density at radius 2 is 1.58 bits per heavy atom. The van der Waals surface area contributed by atoms with Gasteiger partial charge in [0.05, 0.1) is 0 Å². The van der Waals surface area contributed by atoms with Crippen LogP contribution in [-0.2, 0) is 11.2 Å². The zero-order valence-corrected chi connectivity index (χ0v) is 24.2. The number of carbonyl (C=O) groups is 1. The highest BCUT2D eigenvalue weighted by Gasteiger charge is 2.31. The average Bonchev–Trinajstić information content (AvgIpc) is 2.96. The van der Waals surface area contributed by atoms with Gasteiger partial charge in [-0.2, -0.15) is 0 Å². The van der Waals surface area contributed by atoms with Gasteiger partial charge in [0.15, 0.2) is 0 Å². The fraction of sp³-hybridized carbons (Fsp3) is 0.583. The van der Waals surface area contributed by atoms with Gasteiger partial charge < -0.3 is 5.32 Å². The molecule has 0 atom stereocenters. The summed E-state index contributed by atoms with van der Waals surface area (Å²) in [4.78, 5) is 11.3. The number of nitrogens with one attached hydrogen (secondary N) is 1. The van der Waals surface area contributed by atoms with E-state index in [4.69, 9.17) is 0 Å². The van der Waals surface area contributed by atoms with Gasteiger partial charge >= 0.3 is 0 Å². The van der Waals surface area contributed by atoms with Gasteiger partial charge in [-0.1, -0.05) is 94.5 Å². The van der Waals surface area contributed by atoms with Crippen LogP contribution in [0.15, 0.2) is 55.1 Å². The SMILES string of the molecule is C=CC(=O)NCCCc1ccc(-c2ccc(C3CCC(C4CCC(CCCCC)CC4)CC3)cc2)c(C)c1. The van der Waals surface area contributed by atoms with Gasteiger partial charge in [0.2, 0.25) is 5.91 Å². The van der Waals surface area contributed by atoms with Crippen molar-refractivity contribution >= 4 is 5.91 Å². The predicted molar refractivity (Wildman–Crippen MR) is 162 cm³/mol. The fourth-order valence-electron chi connectivity index (χ4n) is 7.27. The van der Waals surface area contributed by atoms with E-state index in [0.717, 1.165) is 36.5 Å². The number of benzene rings is 2. The molecular formula is C36H51NO. The van der Waals surface area contributed by atoms with Crippen LogP contribution < -0.4 is 5.32 Å². The third-order valence-corrected chi connectivity index (χ3v) is 9.66. The second kappa shape index (κ2) is 14.7. The van der Waals surface area contributed by atoms with Crippen molar-refractivity contribution in [2.24, 2.45) is 17.8 Å². The first-order valence-electron chi connectivity index (χ1n) is 15.7. The van der Waals surface area contributed by atoms with Crippen LogP contribution in [0.4, 0.5) is 0 Å². The minimum atomic E-state index is -0.0940. The van der Waals surface area contributed by atoms with Crippen LogP contribution in [0.1, 0.15) is 113 Å². The normalized spacial score (nSPS) is 23.6. The molecule has 0 unspecified atom stereocenters. The van der Waals surface area contributed by atoms with Crippen molar-refractivity contribution in [2.75, 3.05) is 6.54 Å². The Kier molecular flexibility index (Phi) is 11.1. The Labute approximate surface area is 232 Å². The quantitative estimate of drug-likeness (QED) is 0.222. The molecule has 2 fully saturated rings. The Bertz CT molecular complexity index is 1010. The molecule has 1 N–H and O–H groups in total. The maximum Gasteiger partial charge on any atom is 0.243 e. The number of rotatable bonds is 12. The van der Waals surface area contributed by atoms with Crippen molar-refractivity contribution in [1.29, 1.82) is 0 Å². The Hall–Kier alpha value is -2.35. The molecule has 2 aliphatic rings. The molecule has 0 bridgehead atoms. The largest absolute Gasteiger partial charge is 0.353 e. The van der Waals surface area contributed by atoms with Crippen LogP contribution in [0.2, 0.25) is 0 Å². The van der Waals surface area contributed by atoms with Crippen LogP contribution in [0, 0.1) is 24.7 Å². The summed E-state index contributed by atoms with van der Waals surface area (Å²) in [6.45, 7) is 8.72. The highest BCUT2D eigenvalue weighted by atomic mass is 16.1. The highest BCUT2D eigenvalue weighted by Crippen LogP contribution is 2.44. The van der Waals surface area contributed by atoms with E-state index < -0.39 is 0 Å². The lowest BCUT2D eigenvalue weighted by Gasteiger charge is -2.38. The van der Waals surface area contributed by atoms with E-state index in [1.807, 2.05) is 0 Å². The Morgan fingerprint density at radius 3 is 2.21 bits per heavy atom. The van der Waals surface area contributed by atoms with Crippen LogP contribution in [-0.4, -0.2) is 12.5 Å². The van der Waals surface area contributed by atoms with Crippen molar-refractivity contribution < 1.29 is 4.79 Å². The molecule has 0 aromatic heterocycles. The smallest absolute Gasteiger partial charge is 0.243 e. The van der Waals surface area contributed by atoms with Crippen molar-refractivity contribution in [3.05, 3.63) is 71.8 Å². The number of unbranched alkanes of at least 4 members (excludes halogenated alkanes) is 2. The first-order valence-corrected chi connectivity index (χ1v) is 15.7. The minimum absolute atomic E-state index is 0.0940. The molecule has 206 valence electrons. The number of amides is 1. The molecule has 38 heavy (non-hydrogen) atoms. The predicted octanol–water partition coefficient (Wildman–Crippen LogP) is 9.56. The van der Waals surface area contributed by atoms with Crippen molar-refractivity contribution in [3.63, 3.8) is 0 Å². The summed E-state index contributed by atoms with van der Waals surface area (Å²) < 4.78 is 0. The van der Waals surface area contributed by atoms with E-state index in [-0.39, 0.29) is 5.91 Å². The summed E-state index contributed by atoms with van der Waals surface area (Å²) in [7, 11) is 0. The zero-order chi connectivity index (χ0) is 26.7. The summed E-state index contributed by atoms with van der Waals surface area (Å²) in [6, 6.07) is 16.3. The maximum atomic E-state index is 11.3. The molecule has 2 saturated carbocycles. The summed E-state index contributed by atoms with van der Waals surface area (Å²) in [5.41, 5.74) is 6.85. The van der Waals surface area contributed by atoms with E-state index in [0.29, 0.717) is 6.54 Å². The number of carbonyl (C=O) groups excluding carboxylic acids is 1. The average molecular weight is 514 g/mol. The minimum Gasteiger partial charge on any atom is -0.353 e. The first kappa shape index (κ1) is 28.7. The molecule has 4 rings (SSSR count). The second-order valence-electron chi connectivity index (χ2n) is 12.3. The Balaban J connectivity index is 1.23. The van der Waals surface area contributed by atoms with Crippen molar-refractivity contribution in [1.82, 2.24) is 5.32 Å². The Morgan fingerprint density at radius 1 is 0.895 bits per heavy atom. The van der Waals surface area contributed by atoms with E-state index in [1.165, 1.54) is 105 Å². The molecule has 2 aromatic carbocycles. The third kappa shape index (κ3) is 8.08. The van der Waals surface area contributed by atoms with E-state index >= 15 is 0 Å². The van der Waals surface area contributed by atoms with E-state index in [2.05, 4.69) is 68.2 Å². The molecule has 2 aromatic rings. The molecule has 2 heteroatoms. The maximum absolute atomic E-state index is 11.3. The van der Waals surface area contributed by atoms with E-state index in [1.54, 1.807) is 5.56 Å². The zero-order valence-electron chi connectivity index (χ0n) is 24.2. The molecule has 0 spiro atoms. The summed E-state index contributed by atoms with van der Waals surface area (Å²) in [5, 5.41) is 2.86. The van der Waals surface area contributed by atoms with Gasteiger partial charge in [-0.15, -0.1) is 0 Å². The van der Waals surface area contributed by atoms with Crippen LogP contribution >= 0.6 is 0 Å². The topological polar surface area (TPSA) is 29.1 Å². The van der Waals surface area contributed by atoms with E-state index in [9.17, 15) is 4.79 Å². The highest BCUT2D eigenvalue weighted by molar-refractivity contribution is 5.86. The number of aryl methyl sites for hydroxylation is 2. The van der Waals surface area contributed by atoms with Crippen molar-refractivity contribution in [3.8, 4) is 11.1 Å². The van der Waals surface area contributed by atoms with Gasteiger partial charge in [0.25, 0.3) is 0 Å². The van der Waals surface area contributed by atoms with Gasteiger partial charge in [-0.25, -0.2) is 0 Å². The standard InChI is InChI=1S/C36H51NO/c1-4-6-7-9-28-11-14-30(15-12-28)31-16-18-32(19-17-31)33-20-22-34(23-21-33)35-24-13-29(26-27(35)3)10-8-25-37-36(38)5-2/h5,13,20-24,26,28,30-32H,2,4,6-12,14-19,25H2,1,3H3,(H,37,38). The lowest BCUT2D eigenvalue weighted by Crippen LogP contribution is -2.25. The lowest BCUT2D eigenvalue weighted by atomic mass is 9.68. The monoisotopic (exact) mass is 513 g/mol. The van der Waals surface area contributed by atoms with Crippen LogP contribution in [0.3, 0.4) is 0 Å². The number of hydrogen-bond acceptors (Lipinski definition) is 1. The molecule has 2 aliphatic carbocycles. The summed E-state index contributed by atoms with van der Waals surface area (Å²) in [6.07, 6.45) is 20.6. The fourth-order valence-corrected chi connectivity index (χ4v) is 7.27. The molecule has 0 aliphatic heterocycles. The van der Waals surface area contributed by atoms with Gasteiger partial charge in [-0.05, 0) is 116 Å². The first-order chi connectivity index (χ1) is 18.6. The molecule has 0 heterocycles. The van der Waals surface area contributed by atoms with Crippen LogP contribution in [0.25, 0.3) is 11.1 Å². The molecule has 1 amide bonds. The summed E-state index contributed by atoms with van der Waals surface area (Å²) >= 11 is 0. The number of hydrogen-bond donors (Lipinski definition) is 1. The molecular weight excluding hydrogens is 462 g/mol. The van der Waals surface area contributed by atoms with Gasteiger partial charge in [0.1, 0.15) is 0 Å². The third-order valence-electron chi connectivity index (χ3n) is 9.66. The van der Waals surface area contributed by atoms with Gasteiger partial charge in [-0.3, -0.25) is 4.79 Å². The second-order valence-corrected chi connectivity index (χ2v) is 12.3. The van der Waals surface area contributed by atoms with Gasteiger partial charge in [0, 0.05) is 6.54 Å². The summed E-state index contributed by atoms with van der Waals surface area (Å²) in [5.74, 6) is 3.68. The molecule has 0 saturated heterocycles.